The molecule has 24 heavy (non-hydrogen) atoms. The summed E-state index contributed by atoms with van der Waals surface area (Å²) in [6.07, 6.45) is -0.372. The predicted molar refractivity (Wildman–Crippen MR) is 101 cm³/mol. The van der Waals surface area contributed by atoms with Crippen LogP contribution in [0.3, 0.4) is 0 Å². The van der Waals surface area contributed by atoms with E-state index in [1.807, 2.05) is 48.5 Å². The second-order valence-corrected chi connectivity index (χ2v) is 7.11. The number of methoxy groups -OCH3 is 1. The summed E-state index contributed by atoms with van der Waals surface area (Å²) in [4.78, 5) is 11.7. The molecule has 2 aromatic rings. The van der Waals surface area contributed by atoms with Crippen LogP contribution in [0.2, 0.25) is 0 Å². The van der Waals surface area contributed by atoms with Crippen molar-refractivity contribution < 1.29 is 14.3 Å². The van der Waals surface area contributed by atoms with Crippen molar-refractivity contribution in [3.05, 3.63) is 68.6 Å². The van der Waals surface area contributed by atoms with Gasteiger partial charge in [0.25, 0.3) is 0 Å². The predicted octanol–water partition coefficient (Wildman–Crippen LogP) is 4.75. The highest BCUT2D eigenvalue weighted by Crippen LogP contribution is 2.33. The number of halogens is 2. The third kappa shape index (κ3) is 5.41. The molecule has 0 aromatic heterocycles. The van der Waals surface area contributed by atoms with Gasteiger partial charge in [0.15, 0.2) is 0 Å². The van der Waals surface area contributed by atoms with Crippen molar-refractivity contribution in [3.63, 3.8) is 0 Å². The van der Waals surface area contributed by atoms with Crippen molar-refractivity contribution >= 4 is 37.8 Å². The quantitative estimate of drug-likeness (QED) is 0.611. The fourth-order valence-electron chi connectivity index (χ4n) is 2.40. The molecule has 2 atom stereocenters. The Morgan fingerprint density at radius 2 is 1.50 bits per heavy atom. The van der Waals surface area contributed by atoms with Gasteiger partial charge in [-0.2, -0.15) is 0 Å². The second-order valence-electron chi connectivity index (χ2n) is 5.28. The van der Waals surface area contributed by atoms with E-state index in [0.29, 0.717) is 0 Å². The van der Waals surface area contributed by atoms with E-state index in [0.717, 1.165) is 20.1 Å². The van der Waals surface area contributed by atoms with Crippen LogP contribution < -0.4 is 5.32 Å². The third-order valence-corrected chi connectivity index (χ3v) is 4.51. The first-order valence-electron chi connectivity index (χ1n) is 7.40. The van der Waals surface area contributed by atoms with Crippen LogP contribution in [0, 0.1) is 0 Å². The molecule has 0 aliphatic heterocycles. The number of amides is 1. The highest BCUT2D eigenvalue weighted by atomic mass is 79.9. The van der Waals surface area contributed by atoms with E-state index in [1.165, 1.54) is 6.92 Å². The maximum atomic E-state index is 11.7. The molecule has 6 heteroatoms. The molecule has 1 amide bonds. The van der Waals surface area contributed by atoms with E-state index in [9.17, 15) is 4.79 Å². The summed E-state index contributed by atoms with van der Waals surface area (Å²) in [6, 6.07) is 15.3. The SMILES string of the molecule is COCO[C@@H](c1ccc(Br)cc1)[C@H](NC(C)=O)c1ccc(Br)cc1. The van der Waals surface area contributed by atoms with Crippen molar-refractivity contribution in [2.45, 2.75) is 19.1 Å². The summed E-state index contributed by atoms with van der Waals surface area (Å²) in [5, 5.41) is 2.99. The molecule has 0 bridgehead atoms. The number of benzene rings is 2. The highest BCUT2D eigenvalue weighted by Gasteiger charge is 2.26. The van der Waals surface area contributed by atoms with Crippen LogP contribution in [0.25, 0.3) is 0 Å². The topological polar surface area (TPSA) is 47.6 Å². The lowest BCUT2D eigenvalue weighted by Gasteiger charge is -2.28. The number of hydrogen-bond acceptors (Lipinski definition) is 3. The van der Waals surface area contributed by atoms with Crippen LogP contribution >= 0.6 is 31.9 Å². The average molecular weight is 457 g/mol. The van der Waals surface area contributed by atoms with Gasteiger partial charge in [-0.3, -0.25) is 4.79 Å². The van der Waals surface area contributed by atoms with Crippen LogP contribution in [0.4, 0.5) is 0 Å². The summed E-state index contributed by atoms with van der Waals surface area (Å²) >= 11 is 6.87. The van der Waals surface area contributed by atoms with E-state index >= 15 is 0 Å². The van der Waals surface area contributed by atoms with Gasteiger partial charge in [0.05, 0.1) is 6.04 Å². The van der Waals surface area contributed by atoms with Gasteiger partial charge in [0.2, 0.25) is 5.91 Å². The van der Waals surface area contributed by atoms with Crippen LogP contribution in [0.5, 0.6) is 0 Å². The fourth-order valence-corrected chi connectivity index (χ4v) is 2.93. The van der Waals surface area contributed by atoms with Gasteiger partial charge in [0.1, 0.15) is 12.9 Å². The zero-order chi connectivity index (χ0) is 17.5. The molecule has 0 spiro atoms. The lowest BCUT2D eigenvalue weighted by Crippen LogP contribution is -2.32. The minimum Gasteiger partial charge on any atom is -0.359 e. The van der Waals surface area contributed by atoms with Crippen molar-refractivity contribution in [2.75, 3.05) is 13.9 Å². The van der Waals surface area contributed by atoms with Crippen LogP contribution in [-0.4, -0.2) is 19.8 Å². The van der Waals surface area contributed by atoms with Gasteiger partial charge >= 0.3 is 0 Å². The molecule has 2 rings (SSSR count). The van der Waals surface area contributed by atoms with E-state index in [-0.39, 0.29) is 24.8 Å². The first-order valence-corrected chi connectivity index (χ1v) is 8.98. The molecule has 0 radical (unpaired) electrons. The Kier molecular flexibility index (Phi) is 7.42. The highest BCUT2D eigenvalue weighted by molar-refractivity contribution is 9.10. The van der Waals surface area contributed by atoms with Gasteiger partial charge in [-0.05, 0) is 35.4 Å². The molecule has 0 aliphatic rings. The van der Waals surface area contributed by atoms with Crippen LogP contribution in [-0.2, 0) is 14.3 Å². The Balaban J connectivity index is 2.40. The zero-order valence-electron chi connectivity index (χ0n) is 13.5. The zero-order valence-corrected chi connectivity index (χ0v) is 16.6. The molecular formula is C18H19Br2NO3. The molecule has 128 valence electrons. The lowest BCUT2D eigenvalue weighted by molar-refractivity contribution is -0.123. The Labute approximate surface area is 158 Å². The smallest absolute Gasteiger partial charge is 0.217 e. The Morgan fingerprint density at radius 3 is 1.96 bits per heavy atom. The minimum atomic E-state index is -0.372. The minimum absolute atomic E-state index is 0.119. The standard InChI is InChI=1S/C18H19Br2NO3/c1-12(22)21-17(13-3-7-15(19)8-4-13)18(24-11-23-2)14-5-9-16(20)10-6-14/h3-10,17-18H,11H2,1-2H3,(H,21,22)/t17-,18+/m1/s1. The van der Waals surface area contributed by atoms with Crippen LogP contribution in [0.1, 0.15) is 30.2 Å². The van der Waals surface area contributed by atoms with Gasteiger partial charge < -0.3 is 14.8 Å². The summed E-state index contributed by atoms with van der Waals surface area (Å²) < 4.78 is 12.9. The van der Waals surface area contributed by atoms with Crippen molar-refractivity contribution in [3.8, 4) is 0 Å². The number of rotatable bonds is 7. The Bertz CT molecular complexity index is 659. The summed E-state index contributed by atoms with van der Waals surface area (Å²) in [5.74, 6) is -0.119. The molecular weight excluding hydrogens is 438 g/mol. The lowest BCUT2D eigenvalue weighted by atomic mass is 9.95. The number of hydrogen-bond donors (Lipinski definition) is 1. The molecule has 0 heterocycles. The first kappa shape index (κ1) is 19.1. The summed E-state index contributed by atoms with van der Waals surface area (Å²) in [7, 11) is 1.58. The molecule has 0 saturated carbocycles. The number of nitrogens with one attached hydrogen (secondary N) is 1. The number of ether oxygens (including phenoxy) is 2. The molecule has 0 aliphatic carbocycles. The van der Waals surface area contributed by atoms with E-state index in [4.69, 9.17) is 9.47 Å². The van der Waals surface area contributed by atoms with E-state index in [1.54, 1.807) is 7.11 Å². The number of carbonyl (C=O) groups is 1. The molecule has 1 N–H and O–H groups in total. The first-order chi connectivity index (χ1) is 11.5. The molecule has 0 saturated heterocycles. The maximum absolute atomic E-state index is 11.7. The van der Waals surface area contributed by atoms with Crippen molar-refractivity contribution in [1.29, 1.82) is 0 Å². The average Bonchev–Trinajstić information content (AvgIpc) is 2.56. The third-order valence-electron chi connectivity index (χ3n) is 3.45. The van der Waals surface area contributed by atoms with E-state index < -0.39 is 0 Å². The Morgan fingerprint density at radius 1 is 1.00 bits per heavy atom. The summed E-state index contributed by atoms with van der Waals surface area (Å²) in [5.41, 5.74) is 1.91. The molecule has 0 unspecified atom stereocenters. The molecule has 4 nitrogen and oxygen atoms in total. The Hall–Kier alpha value is -1.21. The van der Waals surface area contributed by atoms with Crippen LogP contribution in [0.15, 0.2) is 57.5 Å². The molecule has 0 fully saturated rings. The van der Waals surface area contributed by atoms with Crippen molar-refractivity contribution in [1.82, 2.24) is 5.32 Å². The van der Waals surface area contributed by atoms with Gasteiger partial charge in [-0.15, -0.1) is 0 Å². The largest absolute Gasteiger partial charge is 0.359 e. The summed E-state index contributed by atoms with van der Waals surface area (Å²) in [6.45, 7) is 1.63. The van der Waals surface area contributed by atoms with Gasteiger partial charge in [0, 0.05) is 23.0 Å². The second kappa shape index (κ2) is 9.32. The fraction of sp³-hybridized carbons (Fsp3) is 0.278. The molecule has 2 aromatic carbocycles. The maximum Gasteiger partial charge on any atom is 0.217 e. The van der Waals surface area contributed by atoms with E-state index in [2.05, 4.69) is 37.2 Å². The number of carbonyl (C=O) groups excluding carboxylic acids is 1. The normalized spacial score (nSPS) is 13.3. The van der Waals surface area contributed by atoms with Gasteiger partial charge in [-0.25, -0.2) is 0 Å². The van der Waals surface area contributed by atoms with Gasteiger partial charge in [-0.1, -0.05) is 56.1 Å². The monoisotopic (exact) mass is 455 g/mol. The van der Waals surface area contributed by atoms with Crippen molar-refractivity contribution in [2.24, 2.45) is 0 Å².